The van der Waals surface area contributed by atoms with Crippen molar-refractivity contribution in [3.63, 3.8) is 0 Å². The minimum absolute atomic E-state index is 0.0771. The van der Waals surface area contributed by atoms with E-state index in [2.05, 4.69) is 101 Å². The lowest BCUT2D eigenvalue weighted by molar-refractivity contribution is -0.161. The van der Waals surface area contributed by atoms with Crippen LogP contribution in [-0.4, -0.2) is 96.7 Å². The second-order valence-electron chi connectivity index (χ2n) is 24.2. The maximum atomic E-state index is 13.0. The maximum absolute atomic E-state index is 13.0. The Morgan fingerprint density at radius 1 is 0.304 bits per heavy atom. The van der Waals surface area contributed by atoms with E-state index >= 15 is 0 Å². The van der Waals surface area contributed by atoms with Crippen LogP contribution in [0.5, 0.6) is 0 Å². The molecule has 5 atom stereocenters. The van der Waals surface area contributed by atoms with E-state index in [1.165, 1.54) is 51.4 Å². The van der Waals surface area contributed by atoms with Gasteiger partial charge in [0.1, 0.15) is 19.3 Å². The van der Waals surface area contributed by atoms with E-state index < -0.39 is 97.5 Å². The number of hydrogen-bond acceptors (Lipinski definition) is 15. The molecule has 0 saturated carbocycles. The summed E-state index contributed by atoms with van der Waals surface area (Å²) >= 11 is 0. The summed E-state index contributed by atoms with van der Waals surface area (Å²) in [6.45, 7) is 4.67. The van der Waals surface area contributed by atoms with Crippen LogP contribution in [0.4, 0.5) is 0 Å². The number of esters is 4. The van der Waals surface area contributed by atoms with E-state index in [4.69, 9.17) is 37.0 Å². The zero-order valence-electron chi connectivity index (χ0n) is 58.0. The third kappa shape index (κ3) is 65.2. The third-order valence-electron chi connectivity index (χ3n) is 15.1. The Hall–Kier alpha value is -3.50. The van der Waals surface area contributed by atoms with E-state index in [0.717, 1.165) is 180 Å². The molecule has 0 spiro atoms. The fourth-order valence-electron chi connectivity index (χ4n) is 9.52. The molecule has 0 bridgehead atoms. The number of unbranched alkanes of at least 4 members (excludes halogenated alkanes) is 30. The topological polar surface area (TPSA) is 237 Å². The fourth-order valence-corrected chi connectivity index (χ4v) is 11.1. The molecule has 0 aliphatic heterocycles. The van der Waals surface area contributed by atoms with Crippen molar-refractivity contribution in [3.05, 3.63) is 72.9 Å². The summed E-state index contributed by atoms with van der Waals surface area (Å²) < 4.78 is 68.2. The second kappa shape index (κ2) is 66.1. The Balaban J connectivity index is 5.34. The van der Waals surface area contributed by atoms with Gasteiger partial charge >= 0.3 is 39.5 Å². The first-order valence-corrected chi connectivity index (χ1v) is 39.2. The number of aliphatic hydroxyl groups excluding tert-OH is 1. The Morgan fingerprint density at radius 2 is 0.554 bits per heavy atom. The summed E-state index contributed by atoms with van der Waals surface area (Å²) in [5.74, 6) is -2.21. The number of hydrogen-bond donors (Lipinski definition) is 3. The molecule has 0 fully saturated rings. The van der Waals surface area contributed by atoms with Crippen LogP contribution in [0.3, 0.4) is 0 Å². The van der Waals surface area contributed by atoms with Crippen LogP contribution < -0.4 is 0 Å². The molecule has 0 aromatic heterocycles. The predicted molar refractivity (Wildman–Crippen MR) is 372 cm³/mol. The Morgan fingerprint density at radius 3 is 0.859 bits per heavy atom. The minimum Gasteiger partial charge on any atom is -0.462 e. The van der Waals surface area contributed by atoms with Gasteiger partial charge in [0.25, 0.3) is 0 Å². The highest BCUT2D eigenvalue weighted by molar-refractivity contribution is 7.47. The Bertz CT molecular complexity index is 2040. The average molecular weight is 1340 g/mol. The van der Waals surface area contributed by atoms with E-state index in [1.807, 2.05) is 0 Å². The summed E-state index contributed by atoms with van der Waals surface area (Å²) in [5.41, 5.74) is 0. The van der Waals surface area contributed by atoms with Gasteiger partial charge in [-0.1, -0.05) is 229 Å². The van der Waals surface area contributed by atoms with Crippen molar-refractivity contribution >= 4 is 39.5 Å². The highest BCUT2D eigenvalue weighted by atomic mass is 31.2. The van der Waals surface area contributed by atoms with Crippen molar-refractivity contribution in [2.24, 2.45) is 0 Å². The molecule has 0 heterocycles. The lowest BCUT2D eigenvalue weighted by atomic mass is 10.1. The number of phosphoric ester groups is 2. The lowest BCUT2D eigenvalue weighted by Gasteiger charge is -2.21. The number of carbonyl (C=O) groups excluding carboxylic acids is 4. The van der Waals surface area contributed by atoms with Gasteiger partial charge in [-0.25, -0.2) is 9.13 Å². The monoisotopic (exact) mass is 1340 g/mol. The van der Waals surface area contributed by atoms with Crippen LogP contribution in [0.25, 0.3) is 0 Å². The van der Waals surface area contributed by atoms with Crippen molar-refractivity contribution in [1.29, 1.82) is 0 Å². The molecule has 534 valence electrons. The van der Waals surface area contributed by atoms with E-state index in [0.29, 0.717) is 25.7 Å². The standard InChI is InChI=1S/C73H130O17P2/c1-5-9-13-17-21-25-29-33-37-41-45-49-53-57-70(75)83-63-68(89-72(77)59-55-51-47-43-39-35-31-27-23-19-15-11-7-3)65-87-91(79,80)85-61-67(74)62-86-92(81,82)88-66-69(90-73(78)60-56-52-48-44-40-36-32-28-24-20-16-12-8-4)64-84-71(76)58-54-50-46-42-38-34-30-26-22-18-14-10-6-2/h13,15,17,19,25-32,67-69,74H,5-12,14,16,18,20-24,33-66H2,1-4H3,(H,79,80)(H,81,82)/b17-13-,19-15-,29-25-,30-26-,31-27-,32-28-. The quantitative estimate of drug-likeness (QED) is 0.0169. The number of carbonyl (C=O) groups is 4. The first kappa shape index (κ1) is 88.5. The lowest BCUT2D eigenvalue weighted by Crippen LogP contribution is -2.30. The summed E-state index contributed by atoms with van der Waals surface area (Å²) in [5, 5.41) is 10.6. The molecule has 0 aliphatic rings. The molecule has 0 saturated heterocycles. The van der Waals surface area contributed by atoms with Crippen LogP contribution in [0, 0.1) is 0 Å². The number of ether oxygens (including phenoxy) is 4. The average Bonchev–Trinajstić information content (AvgIpc) is 3.63. The SMILES string of the molecule is CCC/C=C\C/C=C\CCCCCCCC(=O)OCC(COP(=O)(O)OCC(O)COP(=O)(O)OCC(COC(=O)CCCCCCC/C=C\CCCCCC)OC(=O)CCCCCCC/C=C\CCCCCC)OC(=O)CCCCCCC/C=C\C/C=C\CCC. The fraction of sp³-hybridized carbons (Fsp3) is 0.781. The van der Waals surface area contributed by atoms with Crippen LogP contribution >= 0.6 is 15.6 Å². The second-order valence-corrected chi connectivity index (χ2v) is 27.1. The van der Waals surface area contributed by atoms with Crippen LogP contribution in [-0.2, 0) is 65.4 Å². The van der Waals surface area contributed by atoms with Gasteiger partial charge in [-0.05, 0) is 128 Å². The molecule has 3 N–H and O–H groups in total. The van der Waals surface area contributed by atoms with Crippen molar-refractivity contribution in [1.82, 2.24) is 0 Å². The molecule has 0 radical (unpaired) electrons. The molecule has 5 unspecified atom stereocenters. The highest BCUT2D eigenvalue weighted by Crippen LogP contribution is 2.45. The predicted octanol–water partition coefficient (Wildman–Crippen LogP) is 20.1. The summed E-state index contributed by atoms with van der Waals surface area (Å²) in [7, 11) is -9.94. The zero-order chi connectivity index (χ0) is 67.5. The largest absolute Gasteiger partial charge is 0.472 e. The van der Waals surface area contributed by atoms with Gasteiger partial charge < -0.3 is 33.8 Å². The molecule has 17 nitrogen and oxygen atoms in total. The van der Waals surface area contributed by atoms with Gasteiger partial charge in [-0.2, -0.15) is 0 Å². The molecule has 0 amide bonds. The van der Waals surface area contributed by atoms with Gasteiger partial charge in [0, 0.05) is 25.7 Å². The maximum Gasteiger partial charge on any atom is 0.472 e. The number of phosphoric acid groups is 2. The Kier molecular flexibility index (Phi) is 63.6. The number of rotatable bonds is 68. The number of allylic oxidation sites excluding steroid dienone is 12. The van der Waals surface area contributed by atoms with Crippen LogP contribution in [0.2, 0.25) is 0 Å². The molecule has 0 aromatic rings. The molecule has 0 aliphatic carbocycles. The minimum atomic E-state index is -4.97. The molecular weight excluding hydrogens is 1210 g/mol. The van der Waals surface area contributed by atoms with Crippen LogP contribution in [0.1, 0.15) is 310 Å². The van der Waals surface area contributed by atoms with Crippen molar-refractivity contribution < 1.29 is 80.2 Å². The van der Waals surface area contributed by atoms with E-state index in [9.17, 15) is 43.2 Å². The highest BCUT2D eigenvalue weighted by Gasteiger charge is 2.30. The van der Waals surface area contributed by atoms with Gasteiger partial charge in [0.2, 0.25) is 0 Å². The smallest absolute Gasteiger partial charge is 0.462 e. The van der Waals surface area contributed by atoms with Crippen molar-refractivity contribution in [3.8, 4) is 0 Å². The van der Waals surface area contributed by atoms with Gasteiger partial charge in [0.05, 0.1) is 26.4 Å². The summed E-state index contributed by atoms with van der Waals surface area (Å²) in [4.78, 5) is 72.6. The zero-order valence-corrected chi connectivity index (χ0v) is 59.8. The third-order valence-corrected chi connectivity index (χ3v) is 17.0. The van der Waals surface area contributed by atoms with E-state index in [-0.39, 0.29) is 25.7 Å². The Labute approximate surface area is 558 Å². The molecule has 92 heavy (non-hydrogen) atoms. The normalized spacial score (nSPS) is 14.5. The number of aliphatic hydroxyl groups is 1. The van der Waals surface area contributed by atoms with Gasteiger partial charge in [0.15, 0.2) is 12.2 Å². The first-order chi connectivity index (χ1) is 44.7. The van der Waals surface area contributed by atoms with E-state index in [1.54, 1.807) is 0 Å². The first-order valence-electron chi connectivity index (χ1n) is 36.2. The molecule has 0 rings (SSSR count). The molecule has 19 heteroatoms. The summed E-state index contributed by atoms with van der Waals surface area (Å²) in [6, 6.07) is 0. The molecular formula is C73H130O17P2. The summed E-state index contributed by atoms with van der Waals surface area (Å²) in [6.07, 6.45) is 63.3. The van der Waals surface area contributed by atoms with Crippen molar-refractivity contribution in [2.45, 2.75) is 329 Å². The molecule has 0 aromatic carbocycles. The van der Waals surface area contributed by atoms with Crippen molar-refractivity contribution in [2.75, 3.05) is 39.6 Å². The van der Waals surface area contributed by atoms with Gasteiger partial charge in [-0.15, -0.1) is 0 Å². The van der Waals surface area contributed by atoms with Crippen LogP contribution in [0.15, 0.2) is 72.9 Å². The van der Waals surface area contributed by atoms with Gasteiger partial charge in [-0.3, -0.25) is 37.3 Å².